The van der Waals surface area contributed by atoms with E-state index in [0.29, 0.717) is 12.0 Å². The topological polar surface area (TPSA) is 44.5 Å². The first-order chi connectivity index (χ1) is 9.15. The molecule has 0 aromatic heterocycles. The largest absolute Gasteiger partial charge is 0.490 e. The second kappa shape index (κ2) is 4.71. The molecule has 2 N–H and O–H groups in total. The summed E-state index contributed by atoms with van der Waals surface area (Å²) in [5.41, 5.74) is 7.77. The molecule has 3 rings (SSSR count). The van der Waals surface area contributed by atoms with Crippen LogP contribution in [0.15, 0.2) is 18.2 Å². The summed E-state index contributed by atoms with van der Waals surface area (Å²) in [6, 6.07) is 6.71. The molecule has 2 aliphatic rings. The summed E-state index contributed by atoms with van der Waals surface area (Å²) in [5.74, 6) is 2.32. The SMILES string of the molecule is CCC1(C)C(N)CC1c1ccc2c(c1)OCCCO2. The highest BCUT2D eigenvalue weighted by Gasteiger charge is 2.48. The van der Waals surface area contributed by atoms with Gasteiger partial charge in [0, 0.05) is 12.5 Å². The van der Waals surface area contributed by atoms with Crippen molar-refractivity contribution < 1.29 is 9.47 Å². The molecular weight excluding hydrogens is 238 g/mol. The molecule has 3 heteroatoms. The molecule has 1 heterocycles. The lowest BCUT2D eigenvalue weighted by molar-refractivity contribution is 0.0704. The van der Waals surface area contributed by atoms with Crippen LogP contribution >= 0.6 is 0 Å². The molecule has 1 aromatic rings. The second-order valence-corrected chi connectivity index (χ2v) is 6.01. The van der Waals surface area contributed by atoms with E-state index in [4.69, 9.17) is 15.2 Å². The maximum atomic E-state index is 6.20. The minimum atomic E-state index is 0.222. The Kier molecular flexibility index (Phi) is 3.17. The van der Waals surface area contributed by atoms with Gasteiger partial charge in [0.05, 0.1) is 13.2 Å². The van der Waals surface area contributed by atoms with Crippen LogP contribution in [0.25, 0.3) is 0 Å². The first-order valence-corrected chi connectivity index (χ1v) is 7.30. The second-order valence-electron chi connectivity index (χ2n) is 6.01. The fourth-order valence-corrected chi connectivity index (χ4v) is 3.31. The Balaban J connectivity index is 1.88. The lowest BCUT2D eigenvalue weighted by Crippen LogP contribution is -2.54. The lowest BCUT2D eigenvalue weighted by Gasteiger charge is -2.53. The van der Waals surface area contributed by atoms with Crippen molar-refractivity contribution in [2.45, 2.75) is 45.1 Å². The molecule has 1 aromatic carbocycles. The zero-order valence-electron chi connectivity index (χ0n) is 11.8. The molecule has 0 bridgehead atoms. The van der Waals surface area contributed by atoms with Crippen LogP contribution in [0, 0.1) is 5.41 Å². The Morgan fingerprint density at radius 1 is 1.26 bits per heavy atom. The molecule has 1 aliphatic heterocycles. The summed E-state index contributed by atoms with van der Waals surface area (Å²) in [5, 5.41) is 0. The third-order valence-corrected chi connectivity index (χ3v) is 5.07. The number of hydrogen-bond donors (Lipinski definition) is 1. The van der Waals surface area contributed by atoms with E-state index in [1.807, 2.05) is 0 Å². The van der Waals surface area contributed by atoms with Crippen molar-refractivity contribution in [3.05, 3.63) is 23.8 Å². The molecule has 0 saturated heterocycles. The predicted octanol–water partition coefficient (Wildman–Crippen LogP) is 3.08. The molecule has 0 amide bonds. The highest BCUT2D eigenvalue weighted by Crippen LogP contribution is 2.54. The van der Waals surface area contributed by atoms with Crippen LogP contribution in [0.4, 0.5) is 0 Å². The van der Waals surface area contributed by atoms with Gasteiger partial charge in [0.1, 0.15) is 0 Å². The van der Waals surface area contributed by atoms with Gasteiger partial charge in [-0.25, -0.2) is 0 Å². The van der Waals surface area contributed by atoms with Crippen molar-refractivity contribution >= 4 is 0 Å². The van der Waals surface area contributed by atoms with E-state index in [0.717, 1.165) is 44.0 Å². The molecule has 3 atom stereocenters. The van der Waals surface area contributed by atoms with E-state index in [-0.39, 0.29) is 5.41 Å². The fraction of sp³-hybridized carbons (Fsp3) is 0.625. The van der Waals surface area contributed by atoms with Crippen LogP contribution in [0.5, 0.6) is 11.5 Å². The van der Waals surface area contributed by atoms with Gasteiger partial charge in [0.2, 0.25) is 0 Å². The van der Waals surface area contributed by atoms with Crippen molar-refractivity contribution in [3.63, 3.8) is 0 Å². The molecule has 1 saturated carbocycles. The number of benzene rings is 1. The van der Waals surface area contributed by atoms with Crippen LogP contribution in [0.2, 0.25) is 0 Å². The van der Waals surface area contributed by atoms with Gasteiger partial charge in [0.15, 0.2) is 11.5 Å². The van der Waals surface area contributed by atoms with Gasteiger partial charge in [0.25, 0.3) is 0 Å². The highest BCUT2D eigenvalue weighted by molar-refractivity contribution is 5.45. The van der Waals surface area contributed by atoms with Crippen molar-refractivity contribution in [1.29, 1.82) is 0 Å². The number of fused-ring (bicyclic) bond motifs is 1. The van der Waals surface area contributed by atoms with E-state index in [9.17, 15) is 0 Å². The maximum absolute atomic E-state index is 6.20. The Labute approximate surface area is 115 Å². The lowest BCUT2D eigenvalue weighted by atomic mass is 9.54. The van der Waals surface area contributed by atoms with Gasteiger partial charge in [-0.3, -0.25) is 0 Å². The van der Waals surface area contributed by atoms with Gasteiger partial charge in [-0.2, -0.15) is 0 Å². The molecule has 19 heavy (non-hydrogen) atoms. The Morgan fingerprint density at radius 3 is 2.68 bits per heavy atom. The molecule has 3 unspecified atom stereocenters. The zero-order valence-corrected chi connectivity index (χ0v) is 11.8. The number of hydrogen-bond acceptors (Lipinski definition) is 3. The average molecular weight is 261 g/mol. The van der Waals surface area contributed by atoms with Gasteiger partial charge in [-0.05, 0) is 41.9 Å². The molecule has 0 radical (unpaired) electrons. The van der Waals surface area contributed by atoms with E-state index in [1.165, 1.54) is 5.56 Å². The third-order valence-electron chi connectivity index (χ3n) is 5.07. The van der Waals surface area contributed by atoms with Crippen LogP contribution in [0.1, 0.15) is 44.6 Å². The zero-order chi connectivity index (χ0) is 13.5. The van der Waals surface area contributed by atoms with Gasteiger partial charge in [-0.15, -0.1) is 0 Å². The van der Waals surface area contributed by atoms with Crippen molar-refractivity contribution in [2.24, 2.45) is 11.1 Å². The van der Waals surface area contributed by atoms with Crippen molar-refractivity contribution in [3.8, 4) is 11.5 Å². The molecule has 1 fully saturated rings. The minimum absolute atomic E-state index is 0.222. The Morgan fingerprint density at radius 2 is 2.00 bits per heavy atom. The van der Waals surface area contributed by atoms with Gasteiger partial charge < -0.3 is 15.2 Å². The maximum Gasteiger partial charge on any atom is 0.161 e. The summed E-state index contributed by atoms with van der Waals surface area (Å²) >= 11 is 0. The van der Waals surface area contributed by atoms with E-state index in [2.05, 4.69) is 32.0 Å². The van der Waals surface area contributed by atoms with E-state index >= 15 is 0 Å². The third kappa shape index (κ3) is 2.00. The summed E-state index contributed by atoms with van der Waals surface area (Å²) in [6.07, 6.45) is 3.14. The number of rotatable bonds is 2. The summed E-state index contributed by atoms with van der Waals surface area (Å²) in [7, 11) is 0. The first kappa shape index (κ1) is 12.8. The average Bonchev–Trinajstić information content (AvgIpc) is 2.68. The normalized spacial score (nSPS) is 33.4. The number of nitrogens with two attached hydrogens (primary N) is 1. The summed E-state index contributed by atoms with van der Waals surface area (Å²) in [6.45, 7) is 6.02. The Bertz CT molecular complexity index is 474. The summed E-state index contributed by atoms with van der Waals surface area (Å²) < 4.78 is 11.5. The van der Waals surface area contributed by atoms with Crippen molar-refractivity contribution in [1.82, 2.24) is 0 Å². The summed E-state index contributed by atoms with van der Waals surface area (Å²) in [4.78, 5) is 0. The van der Waals surface area contributed by atoms with Crippen LogP contribution < -0.4 is 15.2 Å². The van der Waals surface area contributed by atoms with Crippen molar-refractivity contribution in [2.75, 3.05) is 13.2 Å². The first-order valence-electron chi connectivity index (χ1n) is 7.30. The molecular formula is C16H23NO2. The van der Waals surface area contributed by atoms with Gasteiger partial charge in [-0.1, -0.05) is 19.9 Å². The van der Waals surface area contributed by atoms with E-state index < -0.39 is 0 Å². The molecule has 104 valence electrons. The van der Waals surface area contributed by atoms with Crippen LogP contribution in [-0.4, -0.2) is 19.3 Å². The molecule has 1 aliphatic carbocycles. The minimum Gasteiger partial charge on any atom is -0.490 e. The standard InChI is InChI=1S/C16H23NO2/c1-3-16(2)12(10-15(16)17)11-5-6-13-14(9-11)19-8-4-7-18-13/h5-6,9,12,15H,3-4,7-8,10,17H2,1-2H3. The number of ether oxygens (including phenoxy) is 2. The molecule has 0 spiro atoms. The Hall–Kier alpha value is -1.22. The van der Waals surface area contributed by atoms with Crippen LogP contribution in [-0.2, 0) is 0 Å². The quantitative estimate of drug-likeness (QED) is 0.889. The molecule has 3 nitrogen and oxygen atoms in total. The predicted molar refractivity (Wildman–Crippen MR) is 75.8 cm³/mol. The van der Waals surface area contributed by atoms with Crippen LogP contribution in [0.3, 0.4) is 0 Å². The van der Waals surface area contributed by atoms with E-state index in [1.54, 1.807) is 0 Å². The fourth-order valence-electron chi connectivity index (χ4n) is 3.31. The highest BCUT2D eigenvalue weighted by atomic mass is 16.5. The smallest absolute Gasteiger partial charge is 0.161 e. The monoisotopic (exact) mass is 261 g/mol. The van der Waals surface area contributed by atoms with Gasteiger partial charge >= 0.3 is 0 Å².